The zero-order valence-electron chi connectivity index (χ0n) is 16.2. The minimum atomic E-state index is -0.317. The Morgan fingerprint density at radius 2 is 1.83 bits per heavy atom. The number of benzene rings is 2. The van der Waals surface area contributed by atoms with Crippen LogP contribution in [0.15, 0.2) is 65.6 Å². The molecule has 8 heteroatoms. The first kappa shape index (κ1) is 18.0. The van der Waals surface area contributed by atoms with Gasteiger partial charge in [0.05, 0.1) is 24.1 Å². The number of aryl methyl sites for hydroxylation is 1. The minimum Gasteiger partial charge on any atom is -0.497 e. The lowest BCUT2D eigenvalue weighted by Gasteiger charge is -2.09. The van der Waals surface area contributed by atoms with Crippen molar-refractivity contribution in [3.8, 4) is 22.6 Å². The van der Waals surface area contributed by atoms with Gasteiger partial charge in [-0.3, -0.25) is 9.36 Å². The molecule has 3 heterocycles. The Morgan fingerprint density at radius 1 is 1.03 bits per heavy atom. The van der Waals surface area contributed by atoms with Crippen LogP contribution in [0.25, 0.3) is 33.5 Å². The average molecular weight is 401 g/mol. The molecule has 5 rings (SSSR count). The molecule has 30 heavy (non-hydrogen) atoms. The van der Waals surface area contributed by atoms with Gasteiger partial charge in [0.2, 0.25) is 0 Å². The first-order valence-electron chi connectivity index (χ1n) is 9.24. The molecule has 0 N–H and O–H groups in total. The highest BCUT2D eigenvalue weighted by atomic mass is 19.1. The fourth-order valence-corrected chi connectivity index (χ4v) is 3.57. The molecule has 0 spiro atoms. The number of ether oxygens (including phenoxy) is 1. The summed E-state index contributed by atoms with van der Waals surface area (Å²) in [6, 6.07) is 15.1. The number of pyridine rings is 1. The number of halogens is 1. The molecule has 0 aliphatic rings. The van der Waals surface area contributed by atoms with E-state index in [1.165, 1.54) is 16.7 Å². The maximum atomic E-state index is 13.3. The lowest BCUT2D eigenvalue weighted by molar-refractivity contribution is 0.414. The summed E-state index contributed by atoms with van der Waals surface area (Å²) in [4.78, 5) is 13.1. The number of hydrogen-bond acceptors (Lipinski definition) is 5. The molecule has 0 atom stereocenters. The largest absolute Gasteiger partial charge is 0.497 e. The van der Waals surface area contributed by atoms with Crippen molar-refractivity contribution in [1.29, 1.82) is 0 Å². The standard InChI is InChI=1S/C22H16FN5O2/c1-13-19(14-6-8-15(23)9-7-14)21-25-24-20-18(28(21)26-13)10-11-27(22(20)29)16-4-3-5-17(12-16)30-2/h3-12H,1-2H3. The first-order valence-corrected chi connectivity index (χ1v) is 9.24. The van der Waals surface area contributed by atoms with Crippen molar-refractivity contribution in [3.63, 3.8) is 0 Å². The Morgan fingerprint density at radius 3 is 2.60 bits per heavy atom. The monoisotopic (exact) mass is 401 g/mol. The van der Waals surface area contributed by atoms with Gasteiger partial charge in [0.1, 0.15) is 17.1 Å². The third-order valence-corrected chi connectivity index (χ3v) is 5.02. The van der Waals surface area contributed by atoms with Crippen LogP contribution in [0.4, 0.5) is 4.39 Å². The predicted molar refractivity (Wildman–Crippen MR) is 111 cm³/mol. The van der Waals surface area contributed by atoms with Gasteiger partial charge in [0.25, 0.3) is 5.56 Å². The molecule has 148 valence electrons. The summed E-state index contributed by atoms with van der Waals surface area (Å²) < 4.78 is 21.7. The molecule has 0 fully saturated rings. The normalized spacial score (nSPS) is 11.3. The van der Waals surface area contributed by atoms with Crippen molar-refractivity contribution >= 4 is 16.7 Å². The lowest BCUT2D eigenvalue weighted by Crippen LogP contribution is -2.20. The van der Waals surface area contributed by atoms with E-state index in [2.05, 4.69) is 15.3 Å². The predicted octanol–water partition coefficient (Wildman–Crippen LogP) is 3.55. The second kappa shape index (κ2) is 6.77. The quantitative estimate of drug-likeness (QED) is 0.462. The Bertz CT molecular complexity index is 1470. The van der Waals surface area contributed by atoms with E-state index in [-0.39, 0.29) is 16.9 Å². The molecule has 0 radical (unpaired) electrons. The van der Waals surface area contributed by atoms with E-state index in [1.54, 1.807) is 42.1 Å². The van der Waals surface area contributed by atoms with Gasteiger partial charge in [0, 0.05) is 12.3 Å². The van der Waals surface area contributed by atoms with Crippen LogP contribution in [0.3, 0.4) is 0 Å². The number of fused-ring (bicyclic) bond motifs is 3. The lowest BCUT2D eigenvalue weighted by atomic mass is 10.1. The first-order chi connectivity index (χ1) is 14.6. The Hall–Kier alpha value is -4.07. The Labute approximate surface area is 170 Å². The van der Waals surface area contributed by atoms with Crippen LogP contribution in [-0.4, -0.2) is 31.5 Å². The van der Waals surface area contributed by atoms with Gasteiger partial charge in [-0.1, -0.05) is 18.2 Å². The van der Waals surface area contributed by atoms with Crippen LogP contribution in [0.2, 0.25) is 0 Å². The van der Waals surface area contributed by atoms with Crippen molar-refractivity contribution in [2.45, 2.75) is 6.92 Å². The van der Waals surface area contributed by atoms with Gasteiger partial charge in [-0.25, -0.2) is 8.91 Å². The highest BCUT2D eigenvalue weighted by Crippen LogP contribution is 2.28. The molecule has 0 saturated carbocycles. The highest BCUT2D eigenvalue weighted by molar-refractivity contribution is 5.84. The van der Waals surface area contributed by atoms with Crippen molar-refractivity contribution in [2.24, 2.45) is 0 Å². The van der Waals surface area contributed by atoms with Crippen LogP contribution in [0.1, 0.15) is 5.69 Å². The van der Waals surface area contributed by atoms with E-state index >= 15 is 0 Å². The summed E-state index contributed by atoms with van der Waals surface area (Å²) >= 11 is 0. The molecule has 0 aliphatic heterocycles. The summed E-state index contributed by atoms with van der Waals surface area (Å²) in [5.74, 6) is 0.329. The molecule has 3 aromatic heterocycles. The minimum absolute atomic E-state index is 0.195. The summed E-state index contributed by atoms with van der Waals surface area (Å²) in [7, 11) is 1.57. The zero-order chi connectivity index (χ0) is 20.8. The number of nitrogens with zero attached hydrogens (tertiary/aromatic N) is 5. The maximum absolute atomic E-state index is 13.3. The summed E-state index contributed by atoms with van der Waals surface area (Å²) in [6.45, 7) is 1.84. The Kier molecular flexibility index (Phi) is 4.06. The van der Waals surface area contributed by atoms with Crippen LogP contribution in [0.5, 0.6) is 5.75 Å². The molecular weight excluding hydrogens is 385 g/mol. The number of hydrogen-bond donors (Lipinski definition) is 0. The van der Waals surface area contributed by atoms with Crippen LogP contribution < -0.4 is 10.3 Å². The number of aromatic nitrogens is 5. The molecule has 0 saturated heterocycles. The molecule has 2 aromatic carbocycles. The average Bonchev–Trinajstić information content (AvgIpc) is 3.11. The third-order valence-electron chi connectivity index (χ3n) is 5.02. The Balaban J connectivity index is 1.74. The molecule has 0 aliphatic carbocycles. The van der Waals surface area contributed by atoms with E-state index in [4.69, 9.17) is 4.74 Å². The molecular formula is C22H16FN5O2. The summed E-state index contributed by atoms with van der Waals surface area (Å²) in [6.07, 6.45) is 1.68. The highest BCUT2D eigenvalue weighted by Gasteiger charge is 2.18. The van der Waals surface area contributed by atoms with Gasteiger partial charge in [0.15, 0.2) is 11.2 Å². The molecule has 5 aromatic rings. The second-order valence-corrected chi connectivity index (χ2v) is 6.83. The van der Waals surface area contributed by atoms with Gasteiger partial charge in [-0.05, 0) is 42.8 Å². The smallest absolute Gasteiger partial charge is 0.285 e. The van der Waals surface area contributed by atoms with E-state index in [0.29, 0.717) is 28.3 Å². The van der Waals surface area contributed by atoms with Crippen molar-refractivity contribution in [3.05, 3.63) is 82.7 Å². The molecule has 0 unspecified atom stereocenters. The molecule has 0 bridgehead atoms. The topological polar surface area (TPSA) is 74.3 Å². The zero-order valence-corrected chi connectivity index (χ0v) is 16.2. The summed E-state index contributed by atoms with van der Waals surface area (Å²) in [5, 5.41) is 13.0. The van der Waals surface area contributed by atoms with Crippen molar-refractivity contribution in [2.75, 3.05) is 7.11 Å². The summed E-state index contributed by atoms with van der Waals surface area (Å²) in [5.41, 5.74) is 3.83. The fourth-order valence-electron chi connectivity index (χ4n) is 3.57. The third kappa shape index (κ3) is 2.73. The van der Waals surface area contributed by atoms with E-state index < -0.39 is 0 Å². The maximum Gasteiger partial charge on any atom is 0.285 e. The molecule has 7 nitrogen and oxygen atoms in total. The van der Waals surface area contributed by atoms with Gasteiger partial charge >= 0.3 is 0 Å². The van der Waals surface area contributed by atoms with E-state index in [1.807, 2.05) is 25.1 Å². The van der Waals surface area contributed by atoms with E-state index in [0.717, 1.165) is 11.1 Å². The molecule has 0 amide bonds. The van der Waals surface area contributed by atoms with Crippen LogP contribution >= 0.6 is 0 Å². The van der Waals surface area contributed by atoms with Crippen molar-refractivity contribution < 1.29 is 9.13 Å². The SMILES string of the molecule is COc1cccc(-n2ccc3c(nnc4c(-c5ccc(F)cc5)c(C)nn43)c2=O)c1. The van der Waals surface area contributed by atoms with Crippen LogP contribution in [-0.2, 0) is 0 Å². The number of methoxy groups -OCH3 is 1. The van der Waals surface area contributed by atoms with Crippen LogP contribution in [0, 0.1) is 12.7 Å². The fraction of sp³-hybridized carbons (Fsp3) is 0.0909. The van der Waals surface area contributed by atoms with Gasteiger partial charge in [-0.2, -0.15) is 5.10 Å². The van der Waals surface area contributed by atoms with Gasteiger partial charge in [-0.15, -0.1) is 10.2 Å². The van der Waals surface area contributed by atoms with Crippen molar-refractivity contribution in [1.82, 2.24) is 24.4 Å². The van der Waals surface area contributed by atoms with E-state index in [9.17, 15) is 9.18 Å². The second-order valence-electron chi connectivity index (χ2n) is 6.83. The van der Waals surface area contributed by atoms with Gasteiger partial charge < -0.3 is 4.74 Å². The number of rotatable bonds is 3.